The number of aryl methyl sites for hydroxylation is 1. The van der Waals surface area contributed by atoms with Gasteiger partial charge in [0.25, 0.3) is 5.56 Å². The van der Waals surface area contributed by atoms with Crippen molar-refractivity contribution in [2.45, 2.75) is 18.4 Å². The first kappa shape index (κ1) is 17.5. The van der Waals surface area contributed by atoms with Crippen molar-refractivity contribution < 1.29 is 17.9 Å². The molecule has 138 valence electrons. The van der Waals surface area contributed by atoms with Crippen LogP contribution in [0.25, 0.3) is 22.0 Å². The number of ether oxygens (including phenoxy) is 1. The average molecular weight is 383 g/mol. The van der Waals surface area contributed by atoms with Crippen molar-refractivity contribution in [2.24, 2.45) is 0 Å². The number of pyridine rings is 1. The number of esters is 1. The predicted octanol–water partition coefficient (Wildman–Crippen LogP) is 2.63. The van der Waals surface area contributed by atoms with E-state index < -0.39 is 21.4 Å². The van der Waals surface area contributed by atoms with Gasteiger partial charge in [-0.2, -0.15) is 0 Å². The maximum Gasteiger partial charge on any atom is 0.344 e. The lowest BCUT2D eigenvalue weighted by molar-refractivity contribution is 0.0525. The number of nitrogens with zero attached hydrogens (tertiary/aromatic N) is 1. The standard InChI is InChI=1S/C20H17NO5S/c1-2-26-20(23)17-16(13-7-4-3-5-8-13)14-9-6-10-15-18(14)21(19(17)22)11-12-27(15,24)25/h3-10H,2,11-12H2,1H3. The van der Waals surface area contributed by atoms with Gasteiger partial charge in [0.1, 0.15) is 5.56 Å². The van der Waals surface area contributed by atoms with Gasteiger partial charge in [0.15, 0.2) is 9.84 Å². The van der Waals surface area contributed by atoms with Gasteiger partial charge in [0.05, 0.1) is 22.8 Å². The normalized spacial score (nSPS) is 14.9. The van der Waals surface area contributed by atoms with E-state index in [0.29, 0.717) is 22.0 Å². The summed E-state index contributed by atoms with van der Waals surface area (Å²) in [7, 11) is -3.48. The van der Waals surface area contributed by atoms with Gasteiger partial charge in [0, 0.05) is 17.5 Å². The largest absolute Gasteiger partial charge is 0.462 e. The zero-order valence-electron chi connectivity index (χ0n) is 14.6. The number of carbonyl (C=O) groups is 1. The lowest BCUT2D eigenvalue weighted by Crippen LogP contribution is -2.34. The highest BCUT2D eigenvalue weighted by Crippen LogP contribution is 2.35. The Bertz CT molecular complexity index is 1230. The summed E-state index contributed by atoms with van der Waals surface area (Å²) in [4.78, 5) is 26.0. The second-order valence-electron chi connectivity index (χ2n) is 6.26. The second kappa shape index (κ2) is 6.35. The van der Waals surface area contributed by atoms with E-state index in [9.17, 15) is 18.0 Å². The minimum Gasteiger partial charge on any atom is -0.462 e. The van der Waals surface area contributed by atoms with Gasteiger partial charge in [0.2, 0.25) is 0 Å². The molecular formula is C20H17NO5S. The third-order valence-electron chi connectivity index (χ3n) is 4.71. The Labute approximate surface area is 155 Å². The maximum atomic E-state index is 13.2. The fourth-order valence-electron chi connectivity index (χ4n) is 3.56. The molecule has 0 aliphatic carbocycles. The Morgan fingerprint density at radius 3 is 2.56 bits per heavy atom. The summed E-state index contributed by atoms with van der Waals surface area (Å²) < 4.78 is 31.6. The van der Waals surface area contributed by atoms with Crippen molar-refractivity contribution in [2.75, 3.05) is 12.4 Å². The third-order valence-corrected chi connectivity index (χ3v) is 6.43. The molecule has 0 saturated heterocycles. The van der Waals surface area contributed by atoms with E-state index in [2.05, 4.69) is 0 Å². The van der Waals surface area contributed by atoms with E-state index in [-0.39, 0.29) is 29.4 Å². The van der Waals surface area contributed by atoms with Crippen molar-refractivity contribution in [1.29, 1.82) is 0 Å². The summed E-state index contributed by atoms with van der Waals surface area (Å²) in [5.41, 5.74) is 0.823. The molecule has 6 nitrogen and oxygen atoms in total. The van der Waals surface area contributed by atoms with Crippen LogP contribution in [-0.2, 0) is 21.1 Å². The van der Waals surface area contributed by atoms with Crippen LogP contribution in [0.5, 0.6) is 0 Å². The quantitative estimate of drug-likeness (QED) is 0.650. The van der Waals surface area contributed by atoms with Crippen molar-refractivity contribution in [3.8, 4) is 11.1 Å². The lowest BCUT2D eigenvalue weighted by Gasteiger charge is -2.23. The molecule has 3 aromatic rings. The molecule has 0 spiro atoms. The molecule has 7 heteroatoms. The maximum absolute atomic E-state index is 13.2. The SMILES string of the molecule is CCOC(=O)c1c(-c2ccccc2)c2cccc3c2n(c1=O)CCS3(=O)=O. The van der Waals surface area contributed by atoms with Crippen LogP contribution in [0, 0.1) is 0 Å². The number of rotatable bonds is 3. The Kier molecular flexibility index (Phi) is 4.11. The van der Waals surface area contributed by atoms with Crippen molar-refractivity contribution in [3.63, 3.8) is 0 Å². The van der Waals surface area contributed by atoms with E-state index in [1.54, 1.807) is 43.3 Å². The molecule has 27 heavy (non-hydrogen) atoms. The van der Waals surface area contributed by atoms with E-state index in [1.807, 2.05) is 6.07 Å². The molecule has 0 saturated carbocycles. The molecule has 4 rings (SSSR count). The number of para-hydroxylation sites is 1. The number of sulfone groups is 1. The number of hydrogen-bond donors (Lipinski definition) is 0. The average Bonchev–Trinajstić information content (AvgIpc) is 2.66. The van der Waals surface area contributed by atoms with E-state index >= 15 is 0 Å². The number of carbonyl (C=O) groups excluding carboxylic acids is 1. The third kappa shape index (κ3) is 2.66. The molecule has 1 aliphatic rings. The number of aromatic nitrogens is 1. The topological polar surface area (TPSA) is 82.4 Å². The minimum absolute atomic E-state index is 0.0101. The summed E-state index contributed by atoms with van der Waals surface area (Å²) >= 11 is 0. The fourth-order valence-corrected chi connectivity index (χ4v) is 5.01. The summed E-state index contributed by atoms with van der Waals surface area (Å²) in [6, 6.07) is 13.9. The van der Waals surface area contributed by atoms with Crippen LogP contribution in [-0.4, -0.2) is 31.3 Å². The molecule has 1 aliphatic heterocycles. The van der Waals surface area contributed by atoms with E-state index in [0.717, 1.165) is 0 Å². The number of hydrogen-bond acceptors (Lipinski definition) is 5. The lowest BCUT2D eigenvalue weighted by atomic mass is 9.95. The van der Waals surface area contributed by atoms with Gasteiger partial charge < -0.3 is 9.30 Å². The summed E-state index contributed by atoms with van der Waals surface area (Å²) in [6.45, 7) is 1.82. The zero-order chi connectivity index (χ0) is 19.2. The molecule has 0 bridgehead atoms. The summed E-state index contributed by atoms with van der Waals surface area (Å²) in [5, 5.41) is 0.546. The first-order valence-corrected chi connectivity index (χ1v) is 10.3. The highest BCUT2D eigenvalue weighted by atomic mass is 32.2. The van der Waals surface area contributed by atoms with Gasteiger partial charge in [-0.25, -0.2) is 13.2 Å². The molecule has 0 unspecified atom stereocenters. The smallest absolute Gasteiger partial charge is 0.344 e. The van der Waals surface area contributed by atoms with Crippen LogP contribution in [0.4, 0.5) is 0 Å². The molecule has 0 atom stereocenters. The van der Waals surface area contributed by atoms with Crippen LogP contribution in [0.15, 0.2) is 58.2 Å². The highest BCUT2D eigenvalue weighted by Gasteiger charge is 2.31. The molecular weight excluding hydrogens is 366 g/mol. The van der Waals surface area contributed by atoms with Crippen molar-refractivity contribution >= 4 is 26.7 Å². The Balaban J connectivity index is 2.23. The fraction of sp³-hybridized carbons (Fsp3) is 0.200. The highest BCUT2D eigenvalue weighted by molar-refractivity contribution is 7.91. The molecule has 0 fully saturated rings. The summed E-state index contributed by atoms with van der Waals surface area (Å²) in [5.74, 6) is -0.878. The second-order valence-corrected chi connectivity index (χ2v) is 8.34. The van der Waals surface area contributed by atoms with Crippen LogP contribution in [0.1, 0.15) is 17.3 Å². The van der Waals surface area contributed by atoms with Gasteiger partial charge in [-0.05, 0) is 18.6 Å². The Morgan fingerprint density at radius 2 is 1.85 bits per heavy atom. The molecule has 0 N–H and O–H groups in total. The van der Waals surface area contributed by atoms with Crippen molar-refractivity contribution in [3.05, 3.63) is 64.4 Å². The van der Waals surface area contributed by atoms with Gasteiger partial charge in [-0.3, -0.25) is 4.79 Å². The van der Waals surface area contributed by atoms with E-state index in [1.165, 1.54) is 10.6 Å². The Hall–Kier alpha value is -2.93. The van der Waals surface area contributed by atoms with E-state index in [4.69, 9.17) is 4.74 Å². The molecule has 1 aromatic heterocycles. The molecule has 0 amide bonds. The first-order chi connectivity index (χ1) is 13.0. The molecule has 0 radical (unpaired) electrons. The zero-order valence-corrected chi connectivity index (χ0v) is 15.5. The van der Waals surface area contributed by atoms with Gasteiger partial charge in [-0.15, -0.1) is 0 Å². The van der Waals surface area contributed by atoms with Crippen LogP contribution in [0.2, 0.25) is 0 Å². The monoisotopic (exact) mass is 383 g/mol. The van der Waals surface area contributed by atoms with Crippen molar-refractivity contribution in [1.82, 2.24) is 4.57 Å². The first-order valence-electron chi connectivity index (χ1n) is 8.60. The van der Waals surface area contributed by atoms with Crippen LogP contribution in [0.3, 0.4) is 0 Å². The minimum atomic E-state index is -3.48. The van der Waals surface area contributed by atoms with Crippen LogP contribution < -0.4 is 5.56 Å². The van der Waals surface area contributed by atoms with Gasteiger partial charge in [-0.1, -0.05) is 42.5 Å². The van der Waals surface area contributed by atoms with Crippen LogP contribution >= 0.6 is 0 Å². The predicted molar refractivity (Wildman–Crippen MR) is 102 cm³/mol. The number of benzene rings is 2. The molecule has 2 aromatic carbocycles. The molecule has 2 heterocycles. The van der Waals surface area contributed by atoms with Gasteiger partial charge >= 0.3 is 5.97 Å². The summed E-state index contributed by atoms with van der Waals surface area (Å²) in [6.07, 6.45) is 0. The Morgan fingerprint density at radius 1 is 1.11 bits per heavy atom.